The molecule has 0 radical (unpaired) electrons. The smallest absolute Gasteiger partial charge is 0.330 e. The van der Waals surface area contributed by atoms with Crippen LogP contribution in [0.1, 0.15) is 29.8 Å². The number of benzene rings is 2. The van der Waals surface area contributed by atoms with E-state index in [0.717, 1.165) is 11.1 Å². The molecule has 1 aliphatic carbocycles. The first kappa shape index (κ1) is 26.1. The van der Waals surface area contributed by atoms with Gasteiger partial charge in [0, 0.05) is 18.7 Å². The van der Waals surface area contributed by atoms with E-state index in [1.165, 1.54) is 17.7 Å². The lowest BCUT2D eigenvalue weighted by molar-refractivity contribution is -0.222. The van der Waals surface area contributed by atoms with E-state index in [1.807, 2.05) is 60.7 Å². The Hall–Kier alpha value is -3.57. The van der Waals surface area contributed by atoms with Crippen molar-refractivity contribution < 1.29 is 23.7 Å². The van der Waals surface area contributed by atoms with Gasteiger partial charge in [-0.05, 0) is 18.1 Å². The van der Waals surface area contributed by atoms with Crippen molar-refractivity contribution >= 4 is 5.97 Å². The third kappa shape index (κ3) is 4.83. The Morgan fingerprint density at radius 2 is 1.66 bits per heavy atom. The number of hydrogen-bond acceptors (Lipinski definition) is 8. The minimum absolute atomic E-state index is 0.00289. The maximum absolute atomic E-state index is 12.8. The van der Waals surface area contributed by atoms with Crippen LogP contribution in [0.3, 0.4) is 0 Å². The van der Waals surface area contributed by atoms with Gasteiger partial charge in [0.05, 0.1) is 31.8 Å². The molecule has 5 rings (SSSR count). The summed E-state index contributed by atoms with van der Waals surface area (Å²) in [6.45, 7) is 3.44. The molecular weight excluding hydrogens is 490 g/mol. The number of nitrogens with one attached hydrogen (secondary N) is 1. The first-order chi connectivity index (χ1) is 18.3. The zero-order chi connectivity index (χ0) is 26.9. The average molecular weight is 522 g/mol. The van der Waals surface area contributed by atoms with Crippen molar-refractivity contribution in [1.82, 2.24) is 9.55 Å². The fourth-order valence-corrected chi connectivity index (χ4v) is 5.48. The first-order valence-electron chi connectivity index (χ1n) is 12.5. The Morgan fingerprint density at radius 1 is 1.03 bits per heavy atom. The number of rotatable bonds is 9. The minimum atomic E-state index is -1.30. The van der Waals surface area contributed by atoms with Gasteiger partial charge < -0.3 is 24.7 Å². The number of aromatic nitrogens is 2. The van der Waals surface area contributed by atoms with Crippen molar-refractivity contribution in [2.75, 3.05) is 6.61 Å². The molecule has 2 fully saturated rings. The summed E-state index contributed by atoms with van der Waals surface area (Å²) in [4.78, 5) is 39.3. The predicted octanol–water partition coefficient (Wildman–Crippen LogP) is 1.80. The third-order valence-electron chi connectivity index (χ3n) is 7.20. The molecule has 2 aromatic carbocycles. The maximum Gasteiger partial charge on any atom is 0.330 e. The number of H-pyrrole nitrogens is 1. The summed E-state index contributed by atoms with van der Waals surface area (Å²) in [5.74, 6) is -1.09. The van der Waals surface area contributed by atoms with Crippen LogP contribution in [0, 0.1) is 12.8 Å². The molecular formula is C28H31N3O7. The van der Waals surface area contributed by atoms with Gasteiger partial charge in [-0.3, -0.25) is 19.1 Å². The third-order valence-corrected chi connectivity index (χ3v) is 7.20. The Bertz CT molecular complexity index is 1390. The molecule has 1 saturated heterocycles. The van der Waals surface area contributed by atoms with Gasteiger partial charge in [0.25, 0.3) is 5.56 Å². The molecule has 3 N–H and O–H groups in total. The summed E-state index contributed by atoms with van der Waals surface area (Å²) in [6, 6.07) is 18.5. The second-order valence-electron chi connectivity index (χ2n) is 9.82. The van der Waals surface area contributed by atoms with Crippen molar-refractivity contribution in [2.45, 2.75) is 57.1 Å². The topological polar surface area (TPSA) is 135 Å². The van der Waals surface area contributed by atoms with E-state index in [0.29, 0.717) is 5.56 Å². The first-order valence-corrected chi connectivity index (χ1v) is 12.5. The van der Waals surface area contributed by atoms with Crippen LogP contribution in [-0.4, -0.2) is 46.0 Å². The highest BCUT2D eigenvalue weighted by atomic mass is 16.6. The van der Waals surface area contributed by atoms with E-state index in [2.05, 4.69) is 4.98 Å². The summed E-state index contributed by atoms with van der Waals surface area (Å²) in [5.41, 5.74) is 6.54. The van der Waals surface area contributed by atoms with E-state index >= 15 is 0 Å². The Kier molecular flexibility index (Phi) is 7.31. The summed E-state index contributed by atoms with van der Waals surface area (Å²) in [6.07, 6.45) is -0.979. The second-order valence-corrected chi connectivity index (χ2v) is 9.82. The van der Waals surface area contributed by atoms with Crippen LogP contribution >= 0.6 is 0 Å². The fraction of sp³-hybridized carbons (Fsp3) is 0.393. The van der Waals surface area contributed by atoms with Crippen LogP contribution in [0.4, 0.5) is 0 Å². The van der Waals surface area contributed by atoms with E-state index in [1.54, 1.807) is 6.92 Å². The lowest BCUT2D eigenvalue weighted by Gasteiger charge is -2.40. The van der Waals surface area contributed by atoms with Gasteiger partial charge >= 0.3 is 11.7 Å². The summed E-state index contributed by atoms with van der Waals surface area (Å²) >= 11 is 0. The number of nitrogens with zero attached hydrogens (tertiary/aromatic N) is 1. The molecule has 0 unspecified atom stereocenters. The number of aromatic amines is 1. The van der Waals surface area contributed by atoms with Crippen LogP contribution in [0.15, 0.2) is 76.4 Å². The van der Waals surface area contributed by atoms with Crippen LogP contribution in [0.25, 0.3) is 0 Å². The van der Waals surface area contributed by atoms with Gasteiger partial charge in [-0.1, -0.05) is 60.7 Å². The monoisotopic (exact) mass is 521 g/mol. The van der Waals surface area contributed by atoms with Gasteiger partial charge in [-0.2, -0.15) is 0 Å². The van der Waals surface area contributed by atoms with Gasteiger partial charge in [-0.15, -0.1) is 0 Å². The number of aryl methyl sites for hydroxylation is 1. The maximum atomic E-state index is 12.8. The highest BCUT2D eigenvalue weighted by Gasteiger charge is 2.72. The molecule has 2 aliphatic rings. The zero-order valence-electron chi connectivity index (χ0n) is 21.2. The lowest BCUT2D eigenvalue weighted by Crippen LogP contribution is -2.58. The SMILES string of the molecule is CC(=O)O[C@H]1[C@H](N)[C@H]2[C@H](n3cc(C)c(=O)[nH]c3=O)O[C@]1(COCc1ccccc1)[C@H]2OCc1ccccc1. The second kappa shape index (κ2) is 10.7. The van der Waals surface area contributed by atoms with Crippen LogP contribution in [0.5, 0.6) is 0 Å². The minimum Gasteiger partial charge on any atom is -0.458 e. The molecule has 38 heavy (non-hydrogen) atoms. The fourth-order valence-electron chi connectivity index (χ4n) is 5.48. The van der Waals surface area contributed by atoms with E-state index in [-0.39, 0.29) is 19.8 Å². The van der Waals surface area contributed by atoms with Gasteiger partial charge in [0.2, 0.25) is 0 Å². The molecule has 2 heterocycles. The number of ether oxygens (including phenoxy) is 4. The molecule has 1 aromatic heterocycles. The summed E-state index contributed by atoms with van der Waals surface area (Å²) < 4.78 is 26.2. The molecule has 2 bridgehead atoms. The van der Waals surface area contributed by atoms with E-state index in [4.69, 9.17) is 24.7 Å². The molecule has 1 saturated carbocycles. The Balaban J connectivity index is 1.52. The number of fused-ring (bicyclic) bond motifs is 2. The molecule has 200 valence electrons. The Labute approximate surface area is 219 Å². The largest absolute Gasteiger partial charge is 0.458 e. The van der Waals surface area contributed by atoms with Crippen molar-refractivity contribution in [1.29, 1.82) is 0 Å². The number of carbonyl (C=O) groups excluding carboxylic acids is 1. The molecule has 3 aromatic rings. The molecule has 10 heteroatoms. The van der Waals surface area contributed by atoms with Crippen molar-refractivity contribution in [2.24, 2.45) is 11.7 Å². The number of hydrogen-bond donors (Lipinski definition) is 2. The standard InChI is InChI=1S/C28H31N3O7/c1-17-13-31(27(34)30-25(17)33)26-21-22(29)24(37-18(2)32)28(38-26,16-35-14-19-9-5-3-6-10-19)23(21)36-15-20-11-7-4-8-12-20/h3-13,21-24,26H,14-16,29H2,1-2H3,(H,30,33,34)/t21-,22-,23+,24+,26-,28-/m1/s1. The molecule has 0 amide bonds. The molecule has 0 spiro atoms. The number of nitrogens with two attached hydrogens (primary N) is 1. The number of carbonyl (C=O) groups is 1. The summed E-state index contributed by atoms with van der Waals surface area (Å²) in [5, 5.41) is 0. The zero-order valence-corrected chi connectivity index (χ0v) is 21.2. The van der Waals surface area contributed by atoms with Crippen LogP contribution in [0.2, 0.25) is 0 Å². The van der Waals surface area contributed by atoms with Gasteiger partial charge in [0.1, 0.15) is 12.3 Å². The van der Waals surface area contributed by atoms with Crippen molar-refractivity contribution in [3.63, 3.8) is 0 Å². The quantitative estimate of drug-likeness (QED) is 0.407. The molecule has 6 atom stereocenters. The van der Waals surface area contributed by atoms with Gasteiger partial charge in [-0.25, -0.2) is 4.79 Å². The average Bonchev–Trinajstić information content (AvgIpc) is 3.33. The Morgan fingerprint density at radius 3 is 2.29 bits per heavy atom. The number of esters is 1. The van der Waals surface area contributed by atoms with Crippen LogP contribution in [-0.2, 0) is 37.0 Å². The summed E-state index contributed by atoms with van der Waals surface area (Å²) in [7, 11) is 0. The van der Waals surface area contributed by atoms with Crippen molar-refractivity contribution in [3.8, 4) is 0 Å². The van der Waals surface area contributed by atoms with E-state index in [9.17, 15) is 14.4 Å². The van der Waals surface area contributed by atoms with Gasteiger partial charge in [0.15, 0.2) is 11.7 Å². The normalized spacial score (nSPS) is 27.9. The molecule has 1 aliphatic heterocycles. The highest BCUT2D eigenvalue weighted by molar-refractivity contribution is 5.66. The molecule has 10 nitrogen and oxygen atoms in total. The highest BCUT2D eigenvalue weighted by Crippen LogP contribution is 2.54. The lowest BCUT2D eigenvalue weighted by atomic mass is 9.97. The van der Waals surface area contributed by atoms with E-state index < -0.39 is 53.2 Å². The predicted molar refractivity (Wildman–Crippen MR) is 137 cm³/mol. The van der Waals surface area contributed by atoms with Crippen LogP contribution < -0.4 is 17.0 Å². The van der Waals surface area contributed by atoms with Crippen molar-refractivity contribution in [3.05, 3.63) is 104 Å².